The standard InChI is InChI=1S/C17H23NO.C4H5N3O/c1-18-9-8-17-7-3-2-4-14(17)16(18)10-12-5-6-13(19)11-15(12)17;5-3-1-2-6-4(8)7-3/h5-6,11,14,16,19H,2-4,7-10H2,1H3;1-2H,(H3,5,6,7,8)/t14-,16+,17+;/m0./s1. The Bertz CT molecular complexity index is 880. The second kappa shape index (κ2) is 7.00. The number of phenols is 1. The van der Waals surface area contributed by atoms with E-state index in [1.54, 1.807) is 0 Å². The van der Waals surface area contributed by atoms with Gasteiger partial charge in [-0.2, -0.15) is 4.98 Å². The summed E-state index contributed by atoms with van der Waals surface area (Å²) in [5, 5.41) is 9.91. The summed E-state index contributed by atoms with van der Waals surface area (Å²) in [6.45, 7) is 1.22. The first kappa shape index (κ1) is 18.0. The molecule has 144 valence electrons. The van der Waals surface area contributed by atoms with E-state index >= 15 is 0 Å². The van der Waals surface area contributed by atoms with E-state index < -0.39 is 5.69 Å². The Hall–Kier alpha value is -2.34. The molecule has 0 radical (unpaired) electrons. The van der Waals surface area contributed by atoms with E-state index in [1.165, 1.54) is 68.5 Å². The molecule has 3 atom stereocenters. The molecule has 4 N–H and O–H groups in total. The Morgan fingerprint density at radius 3 is 2.89 bits per heavy atom. The van der Waals surface area contributed by atoms with Gasteiger partial charge in [0.05, 0.1) is 0 Å². The molecule has 1 saturated heterocycles. The second-order valence-corrected chi connectivity index (χ2v) is 8.17. The van der Waals surface area contributed by atoms with Crippen molar-refractivity contribution in [3.8, 4) is 5.75 Å². The maximum absolute atomic E-state index is 10.2. The first-order valence-corrected chi connectivity index (χ1v) is 9.83. The highest BCUT2D eigenvalue weighted by Gasteiger charge is 2.52. The Morgan fingerprint density at radius 2 is 2.15 bits per heavy atom. The van der Waals surface area contributed by atoms with E-state index in [9.17, 15) is 9.90 Å². The number of likely N-dealkylation sites (tertiary alicyclic amines) is 1. The summed E-state index contributed by atoms with van der Waals surface area (Å²) >= 11 is 0. The molecule has 1 aliphatic heterocycles. The summed E-state index contributed by atoms with van der Waals surface area (Å²) < 4.78 is 0. The number of aromatic nitrogens is 2. The van der Waals surface area contributed by atoms with E-state index in [0.717, 1.165) is 12.0 Å². The molecule has 5 rings (SSSR count). The van der Waals surface area contributed by atoms with Gasteiger partial charge in [-0.1, -0.05) is 18.9 Å². The van der Waals surface area contributed by atoms with Crippen LogP contribution in [0, 0.1) is 5.92 Å². The number of phenolic OH excluding ortho intramolecular Hbond substituents is 1. The van der Waals surface area contributed by atoms with Crippen molar-refractivity contribution in [2.24, 2.45) is 5.92 Å². The molecule has 2 heterocycles. The van der Waals surface area contributed by atoms with Crippen LogP contribution in [0.4, 0.5) is 5.82 Å². The van der Waals surface area contributed by atoms with Crippen LogP contribution in [0.1, 0.15) is 43.2 Å². The van der Waals surface area contributed by atoms with Crippen LogP contribution in [0.25, 0.3) is 0 Å². The monoisotopic (exact) mass is 368 g/mol. The predicted molar refractivity (Wildman–Crippen MR) is 106 cm³/mol. The van der Waals surface area contributed by atoms with Crippen molar-refractivity contribution in [3.63, 3.8) is 0 Å². The van der Waals surface area contributed by atoms with Crippen LogP contribution < -0.4 is 11.4 Å². The Kier molecular flexibility index (Phi) is 4.68. The molecule has 1 aromatic carbocycles. The number of rotatable bonds is 0. The van der Waals surface area contributed by atoms with E-state index in [0.29, 0.717) is 11.2 Å². The minimum Gasteiger partial charge on any atom is -0.508 e. The number of nitrogen functional groups attached to an aromatic ring is 1. The van der Waals surface area contributed by atoms with Crippen molar-refractivity contribution >= 4 is 5.82 Å². The average Bonchev–Trinajstić information content (AvgIpc) is 2.65. The van der Waals surface area contributed by atoms with Crippen molar-refractivity contribution in [1.82, 2.24) is 14.9 Å². The summed E-state index contributed by atoms with van der Waals surface area (Å²) in [5.74, 6) is 1.51. The lowest BCUT2D eigenvalue weighted by molar-refractivity contribution is 0.00274. The molecule has 27 heavy (non-hydrogen) atoms. The quantitative estimate of drug-likeness (QED) is 0.664. The number of aromatic hydroxyl groups is 1. The van der Waals surface area contributed by atoms with Gasteiger partial charge in [0.2, 0.25) is 0 Å². The highest BCUT2D eigenvalue weighted by atomic mass is 16.3. The van der Waals surface area contributed by atoms with Crippen molar-refractivity contribution in [3.05, 3.63) is 52.1 Å². The molecule has 2 fully saturated rings. The number of anilines is 1. The molecule has 3 aliphatic rings. The molecule has 0 amide bonds. The highest BCUT2D eigenvalue weighted by Crippen LogP contribution is 2.55. The highest BCUT2D eigenvalue weighted by molar-refractivity contribution is 5.45. The number of fused-ring (bicyclic) bond motifs is 1. The van der Waals surface area contributed by atoms with E-state index in [-0.39, 0.29) is 5.82 Å². The fourth-order valence-corrected chi connectivity index (χ4v) is 5.57. The minimum absolute atomic E-state index is 0.244. The van der Waals surface area contributed by atoms with Gasteiger partial charge >= 0.3 is 5.69 Å². The number of piperidine rings is 1. The molecule has 6 heteroatoms. The lowest BCUT2D eigenvalue weighted by atomic mass is 9.52. The Labute approximate surface area is 159 Å². The second-order valence-electron chi connectivity index (χ2n) is 8.17. The topological polar surface area (TPSA) is 95.2 Å². The molecule has 2 bridgehead atoms. The van der Waals surface area contributed by atoms with Gasteiger partial charge in [-0.05, 0) is 74.5 Å². The zero-order valence-electron chi connectivity index (χ0n) is 15.8. The SMILES string of the molecule is CN1CC[C@]23CCCC[C@H]2[C@H]1Cc1ccc(O)cc13.Nc1cc[nH]c(=O)n1. The van der Waals surface area contributed by atoms with Gasteiger partial charge in [0.15, 0.2) is 0 Å². The minimum atomic E-state index is -0.412. The summed E-state index contributed by atoms with van der Waals surface area (Å²) in [6, 6.07) is 8.36. The van der Waals surface area contributed by atoms with Crippen LogP contribution in [0.2, 0.25) is 0 Å². The van der Waals surface area contributed by atoms with Crippen LogP contribution in [0.3, 0.4) is 0 Å². The number of likely N-dealkylation sites (N-methyl/N-ethyl adjacent to an activating group) is 1. The fourth-order valence-electron chi connectivity index (χ4n) is 5.57. The third-order valence-corrected chi connectivity index (χ3v) is 6.79. The number of nitrogens with one attached hydrogen (secondary N) is 1. The molecule has 1 aromatic heterocycles. The van der Waals surface area contributed by atoms with Gasteiger partial charge in [0.25, 0.3) is 0 Å². The smallest absolute Gasteiger partial charge is 0.346 e. The summed E-state index contributed by atoms with van der Waals surface area (Å²) in [5.41, 5.74) is 8.07. The normalized spacial score (nSPS) is 29.1. The van der Waals surface area contributed by atoms with Gasteiger partial charge < -0.3 is 20.7 Å². The molecule has 0 spiro atoms. The first-order valence-electron chi connectivity index (χ1n) is 9.83. The van der Waals surface area contributed by atoms with E-state index in [1.807, 2.05) is 6.07 Å². The van der Waals surface area contributed by atoms with Crippen molar-refractivity contribution in [1.29, 1.82) is 0 Å². The molecule has 2 aliphatic carbocycles. The lowest BCUT2D eigenvalue weighted by Crippen LogP contribution is -2.59. The van der Waals surface area contributed by atoms with Gasteiger partial charge in [-0.3, -0.25) is 0 Å². The molecule has 0 unspecified atom stereocenters. The maximum atomic E-state index is 10.2. The number of nitrogens with zero attached hydrogens (tertiary/aromatic N) is 2. The van der Waals surface area contributed by atoms with Gasteiger partial charge in [0.1, 0.15) is 11.6 Å². The van der Waals surface area contributed by atoms with Gasteiger partial charge in [0, 0.05) is 17.7 Å². The summed E-state index contributed by atoms with van der Waals surface area (Å²) in [6.07, 6.45) is 9.37. The molecular weight excluding hydrogens is 340 g/mol. The number of hydrogen-bond donors (Lipinski definition) is 3. The molecule has 2 aromatic rings. The van der Waals surface area contributed by atoms with Gasteiger partial charge in [-0.25, -0.2) is 4.79 Å². The average molecular weight is 368 g/mol. The number of nitrogens with two attached hydrogens (primary N) is 1. The van der Waals surface area contributed by atoms with Crippen molar-refractivity contribution < 1.29 is 5.11 Å². The van der Waals surface area contributed by atoms with Crippen LogP contribution >= 0.6 is 0 Å². The summed E-state index contributed by atoms with van der Waals surface area (Å²) in [4.78, 5) is 18.5. The van der Waals surface area contributed by atoms with Crippen LogP contribution in [-0.2, 0) is 11.8 Å². The number of H-pyrrole nitrogens is 1. The largest absolute Gasteiger partial charge is 0.508 e. The Balaban J connectivity index is 0.000000190. The zero-order chi connectivity index (χ0) is 19.0. The van der Waals surface area contributed by atoms with E-state index in [4.69, 9.17) is 5.73 Å². The number of hydrogen-bond acceptors (Lipinski definition) is 5. The zero-order valence-corrected chi connectivity index (χ0v) is 15.8. The fraction of sp³-hybridized carbons (Fsp3) is 0.524. The van der Waals surface area contributed by atoms with Crippen LogP contribution in [0.5, 0.6) is 5.75 Å². The van der Waals surface area contributed by atoms with Crippen molar-refractivity contribution in [2.45, 2.75) is 50.0 Å². The Morgan fingerprint density at radius 1 is 1.30 bits per heavy atom. The molecule has 1 saturated carbocycles. The lowest BCUT2D eigenvalue weighted by Gasteiger charge is -2.58. The first-order chi connectivity index (χ1) is 13.0. The number of aromatic amines is 1. The third-order valence-electron chi connectivity index (χ3n) is 6.79. The molecular formula is C21H28N4O2. The van der Waals surface area contributed by atoms with Gasteiger partial charge in [-0.15, -0.1) is 0 Å². The third kappa shape index (κ3) is 3.23. The van der Waals surface area contributed by atoms with Crippen molar-refractivity contribution in [2.75, 3.05) is 19.3 Å². The van der Waals surface area contributed by atoms with E-state index in [2.05, 4.69) is 34.0 Å². The van der Waals surface area contributed by atoms with Crippen LogP contribution in [0.15, 0.2) is 35.3 Å². The number of benzene rings is 1. The van der Waals surface area contributed by atoms with Crippen LogP contribution in [-0.4, -0.2) is 39.6 Å². The molecule has 6 nitrogen and oxygen atoms in total. The predicted octanol–water partition coefficient (Wildman–Crippen LogP) is 2.43. The maximum Gasteiger partial charge on any atom is 0.346 e. The summed E-state index contributed by atoms with van der Waals surface area (Å²) in [7, 11) is 2.30.